The quantitative estimate of drug-likeness (QED) is 0.645. The first kappa shape index (κ1) is 15.1. The van der Waals surface area contributed by atoms with Crippen molar-refractivity contribution in [3.05, 3.63) is 34.3 Å². The first-order chi connectivity index (χ1) is 8.54. The summed E-state index contributed by atoms with van der Waals surface area (Å²) in [6.45, 7) is 2.90. The Morgan fingerprint density at radius 1 is 1.33 bits per heavy atom. The van der Waals surface area contributed by atoms with Crippen molar-refractivity contribution in [2.75, 3.05) is 27.4 Å². The molecular weight excluding hydrogens is 298 g/mol. The Balaban J connectivity index is 2.96. The Hall–Kier alpha value is -0.910. The monoisotopic (exact) mass is 315 g/mol. The van der Waals surface area contributed by atoms with Gasteiger partial charge in [0.25, 0.3) is 0 Å². The van der Waals surface area contributed by atoms with Gasteiger partial charge in [-0.3, -0.25) is 5.32 Å². The van der Waals surface area contributed by atoms with Crippen LogP contribution in [0.2, 0.25) is 0 Å². The zero-order chi connectivity index (χ0) is 13.6. The number of carbonyl (C=O) groups is 1. The molecule has 1 rings (SSSR count). The standard InChI is InChI=1S/C13H18BrNO3/c1-13(12(16)18-3,15-8-9-17-2)10-4-6-11(14)7-5-10/h4-7,15H,8-9H2,1-3H3/t13-/m1/s1. The Kier molecular flexibility index (Phi) is 5.78. The van der Waals surface area contributed by atoms with Crippen LogP contribution >= 0.6 is 15.9 Å². The molecule has 0 radical (unpaired) electrons. The van der Waals surface area contributed by atoms with E-state index in [4.69, 9.17) is 9.47 Å². The van der Waals surface area contributed by atoms with Crippen molar-refractivity contribution in [3.63, 3.8) is 0 Å². The van der Waals surface area contributed by atoms with Gasteiger partial charge in [0.1, 0.15) is 5.54 Å². The molecule has 0 unspecified atom stereocenters. The zero-order valence-corrected chi connectivity index (χ0v) is 12.4. The molecule has 0 aromatic heterocycles. The normalized spacial score (nSPS) is 14.0. The Labute approximate surface area is 116 Å². The minimum Gasteiger partial charge on any atom is -0.467 e. The number of benzene rings is 1. The van der Waals surface area contributed by atoms with Crippen molar-refractivity contribution in [1.29, 1.82) is 0 Å². The predicted molar refractivity (Wildman–Crippen MR) is 73.4 cm³/mol. The van der Waals surface area contributed by atoms with Crippen molar-refractivity contribution in [1.82, 2.24) is 5.32 Å². The SMILES string of the molecule is COCCN[C@@](C)(C(=O)OC)c1ccc(Br)cc1. The smallest absolute Gasteiger partial charge is 0.330 e. The van der Waals surface area contributed by atoms with Gasteiger partial charge in [0, 0.05) is 18.1 Å². The molecule has 1 atom stereocenters. The number of halogens is 1. The van der Waals surface area contributed by atoms with Gasteiger partial charge in [0.05, 0.1) is 13.7 Å². The van der Waals surface area contributed by atoms with Crippen LogP contribution in [0.15, 0.2) is 28.7 Å². The topological polar surface area (TPSA) is 47.6 Å². The largest absolute Gasteiger partial charge is 0.467 e. The minimum absolute atomic E-state index is 0.319. The molecule has 1 aromatic rings. The van der Waals surface area contributed by atoms with Crippen LogP contribution in [0, 0.1) is 0 Å². The Morgan fingerprint density at radius 3 is 2.44 bits per heavy atom. The molecule has 0 saturated carbocycles. The first-order valence-corrected chi connectivity index (χ1v) is 6.42. The van der Waals surface area contributed by atoms with Crippen molar-refractivity contribution in [2.24, 2.45) is 0 Å². The summed E-state index contributed by atoms with van der Waals surface area (Å²) in [5.74, 6) is -0.319. The van der Waals surface area contributed by atoms with Gasteiger partial charge in [0.2, 0.25) is 0 Å². The fourth-order valence-electron chi connectivity index (χ4n) is 1.68. The van der Waals surface area contributed by atoms with Crippen molar-refractivity contribution in [2.45, 2.75) is 12.5 Å². The van der Waals surface area contributed by atoms with Crippen molar-refractivity contribution < 1.29 is 14.3 Å². The third-order valence-electron chi connectivity index (χ3n) is 2.80. The number of methoxy groups -OCH3 is 2. The number of esters is 1. The maximum Gasteiger partial charge on any atom is 0.330 e. The second-order valence-electron chi connectivity index (χ2n) is 4.04. The Bertz CT molecular complexity index is 394. The number of ether oxygens (including phenoxy) is 2. The van der Waals surface area contributed by atoms with Gasteiger partial charge in [-0.05, 0) is 24.6 Å². The van der Waals surface area contributed by atoms with E-state index in [9.17, 15) is 4.79 Å². The van der Waals surface area contributed by atoms with E-state index in [1.165, 1.54) is 7.11 Å². The lowest BCUT2D eigenvalue weighted by Gasteiger charge is -2.28. The van der Waals surface area contributed by atoms with E-state index < -0.39 is 5.54 Å². The lowest BCUT2D eigenvalue weighted by Crippen LogP contribution is -2.48. The average molecular weight is 316 g/mol. The van der Waals surface area contributed by atoms with Crippen LogP contribution in [0.3, 0.4) is 0 Å². The molecule has 0 fully saturated rings. The van der Waals surface area contributed by atoms with E-state index in [0.29, 0.717) is 13.2 Å². The predicted octanol–water partition coefficient (Wildman–Crippen LogP) is 2.07. The molecule has 0 heterocycles. The molecular formula is C13H18BrNO3. The minimum atomic E-state index is -0.867. The summed E-state index contributed by atoms with van der Waals surface area (Å²) < 4.78 is 10.8. The van der Waals surface area contributed by atoms with Gasteiger partial charge in [-0.1, -0.05) is 28.1 Å². The van der Waals surface area contributed by atoms with E-state index in [1.54, 1.807) is 14.0 Å². The van der Waals surface area contributed by atoms with Gasteiger partial charge in [-0.2, -0.15) is 0 Å². The van der Waals surface area contributed by atoms with Crippen LogP contribution < -0.4 is 5.32 Å². The number of nitrogens with one attached hydrogen (secondary N) is 1. The fourth-order valence-corrected chi connectivity index (χ4v) is 1.95. The van der Waals surface area contributed by atoms with Crippen LogP contribution in [-0.2, 0) is 19.8 Å². The molecule has 0 amide bonds. The summed E-state index contributed by atoms with van der Waals surface area (Å²) in [6, 6.07) is 7.57. The van der Waals surface area contributed by atoms with E-state index in [1.807, 2.05) is 24.3 Å². The fraction of sp³-hybridized carbons (Fsp3) is 0.462. The zero-order valence-electron chi connectivity index (χ0n) is 10.8. The molecule has 1 aromatic carbocycles. The average Bonchev–Trinajstić information content (AvgIpc) is 2.38. The first-order valence-electron chi connectivity index (χ1n) is 5.63. The summed E-state index contributed by atoms with van der Waals surface area (Å²) in [5.41, 5.74) is -0.0118. The van der Waals surface area contributed by atoms with Crippen LogP contribution in [0.1, 0.15) is 12.5 Å². The molecule has 4 nitrogen and oxygen atoms in total. The van der Waals surface area contributed by atoms with Gasteiger partial charge in [0.15, 0.2) is 0 Å². The van der Waals surface area contributed by atoms with Crippen LogP contribution in [0.25, 0.3) is 0 Å². The molecule has 0 saturated heterocycles. The molecule has 0 aliphatic carbocycles. The molecule has 18 heavy (non-hydrogen) atoms. The number of rotatable bonds is 6. The highest BCUT2D eigenvalue weighted by Crippen LogP contribution is 2.24. The second kappa shape index (κ2) is 6.87. The second-order valence-corrected chi connectivity index (χ2v) is 4.96. The van der Waals surface area contributed by atoms with Crippen molar-refractivity contribution in [3.8, 4) is 0 Å². The molecule has 100 valence electrons. The lowest BCUT2D eigenvalue weighted by molar-refractivity contribution is -0.148. The van der Waals surface area contributed by atoms with Crippen LogP contribution in [-0.4, -0.2) is 33.3 Å². The highest BCUT2D eigenvalue weighted by atomic mass is 79.9. The number of carbonyl (C=O) groups excluding carboxylic acids is 1. The van der Waals surface area contributed by atoms with Crippen LogP contribution in [0.5, 0.6) is 0 Å². The summed E-state index contributed by atoms with van der Waals surface area (Å²) in [6.07, 6.45) is 0. The highest BCUT2D eigenvalue weighted by Gasteiger charge is 2.35. The van der Waals surface area contributed by atoms with Gasteiger partial charge < -0.3 is 9.47 Å². The van der Waals surface area contributed by atoms with Gasteiger partial charge >= 0.3 is 5.97 Å². The third kappa shape index (κ3) is 3.54. The Morgan fingerprint density at radius 2 is 1.94 bits per heavy atom. The number of hydrogen-bond donors (Lipinski definition) is 1. The van der Waals surface area contributed by atoms with E-state index in [0.717, 1.165) is 10.0 Å². The molecule has 0 bridgehead atoms. The summed E-state index contributed by atoms with van der Waals surface area (Å²) in [7, 11) is 3.01. The molecule has 5 heteroatoms. The van der Waals surface area contributed by atoms with Crippen molar-refractivity contribution >= 4 is 21.9 Å². The number of hydrogen-bond acceptors (Lipinski definition) is 4. The highest BCUT2D eigenvalue weighted by molar-refractivity contribution is 9.10. The van der Waals surface area contributed by atoms with E-state index >= 15 is 0 Å². The molecule has 1 N–H and O–H groups in total. The van der Waals surface area contributed by atoms with E-state index in [2.05, 4.69) is 21.2 Å². The van der Waals surface area contributed by atoms with Gasteiger partial charge in [-0.25, -0.2) is 4.79 Å². The lowest BCUT2D eigenvalue weighted by atomic mass is 9.92. The molecule has 0 spiro atoms. The summed E-state index contributed by atoms with van der Waals surface area (Å²) in [5, 5.41) is 3.17. The van der Waals surface area contributed by atoms with Crippen LogP contribution in [0.4, 0.5) is 0 Å². The molecule has 0 aliphatic heterocycles. The maximum absolute atomic E-state index is 12.0. The summed E-state index contributed by atoms with van der Waals surface area (Å²) in [4.78, 5) is 12.0. The van der Waals surface area contributed by atoms with E-state index in [-0.39, 0.29) is 5.97 Å². The third-order valence-corrected chi connectivity index (χ3v) is 3.33. The van der Waals surface area contributed by atoms with Gasteiger partial charge in [-0.15, -0.1) is 0 Å². The maximum atomic E-state index is 12.0. The summed E-state index contributed by atoms with van der Waals surface area (Å²) >= 11 is 3.37. The molecule has 0 aliphatic rings.